The van der Waals surface area contributed by atoms with E-state index in [1.165, 1.54) is 12.8 Å². The van der Waals surface area contributed by atoms with Crippen LogP contribution in [0.15, 0.2) is 0 Å². The van der Waals surface area contributed by atoms with E-state index in [0.717, 1.165) is 19.3 Å². The normalized spacial score (nSPS) is 32.4. The van der Waals surface area contributed by atoms with Crippen molar-refractivity contribution in [2.24, 2.45) is 23.2 Å². The van der Waals surface area contributed by atoms with Crippen LogP contribution in [0.5, 0.6) is 17.2 Å². The van der Waals surface area contributed by atoms with Crippen LogP contribution < -0.4 is 4.74 Å². The fourth-order valence-electron chi connectivity index (χ4n) is 6.29. The van der Waals surface area contributed by atoms with Crippen molar-refractivity contribution < 1.29 is 24.5 Å². The topological polar surface area (TPSA) is 83.8 Å². The van der Waals surface area contributed by atoms with Crippen molar-refractivity contribution in [1.29, 1.82) is 0 Å². The lowest BCUT2D eigenvalue weighted by atomic mass is 9.62. The Balaban J connectivity index is 1.94. The van der Waals surface area contributed by atoms with Gasteiger partial charge in [0.25, 0.3) is 0 Å². The third-order valence-electron chi connectivity index (χ3n) is 7.89. The highest BCUT2D eigenvalue weighted by Crippen LogP contribution is 2.68. The van der Waals surface area contributed by atoms with Crippen LogP contribution in [-0.2, 0) is 0 Å². The van der Waals surface area contributed by atoms with Crippen LogP contribution in [0.2, 0.25) is 0 Å². The number of phenols is 2. The van der Waals surface area contributed by atoms with Crippen LogP contribution in [-0.4, -0.2) is 28.4 Å². The van der Waals surface area contributed by atoms with E-state index in [1.54, 1.807) is 0 Å². The Morgan fingerprint density at radius 2 is 1.75 bits per heavy atom. The summed E-state index contributed by atoms with van der Waals surface area (Å²) < 4.78 is 6.60. The molecule has 0 saturated heterocycles. The molecular weight excluding hydrogens is 356 g/mol. The average molecular weight is 386 g/mol. The molecule has 1 heterocycles. The number of aldehydes is 2. The third-order valence-corrected chi connectivity index (χ3v) is 7.89. The smallest absolute Gasteiger partial charge is 0.157 e. The first-order chi connectivity index (χ1) is 13.2. The van der Waals surface area contributed by atoms with Gasteiger partial charge in [-0.1, -0.05) is 27.7 Å². The van der Waals surface area contributed by atoms with Crippen LogP contribution in [0, 0.1) is 23.2 Å². The van der Waals surface area contributed by atoms with E-state index >= 15 is 0 Å². The van der Waals surface area contributed by atoms with Crippen LogP contribution in [0.3, 0.4) is 0 Å². The van der Waals surface area contributed by atoms with Gasteiger partial charge >= 0.3 is 0 Å². The van der Waals surface area contributed by atoms with Crippen LogP contribution in [0.25, 0.3) is 0 Å². The molecule has 2 aliphatic carbocycles. The molecule has 3 aliphatic rings. The molecule has 28 heavy (non-hydrogen) atoms. The summed E-state index contributed by atoms with van der Waals surface area (Å²) >= 11 is 0. The van der Waals surface area contributed by atoms with Gasteiger partial charge in [0.2, 0.25) is 0 Å². The van der Waals surface area contributed by atoms with Crippen molar-refractivity contribution in [3.8, 4) is 17.2 Å². The number of hydrogen-bond donors (Lipinski definition) is 2. The maximum atomic E-state index is 11.9. The molecule has 5 nitrogen and oxygen atoms in total. The molecule has 0 unspecified atom stereocenters. The number of carbonyl (C=O) groups excluding carboxylic acids is 2. The standard InChI is InChI=1S/C23H30O5/c1-12(2)7-14-9-23(8-13-5-6-17(13)22(23,3)4)28-21-16(11-25)19(26)15(10-24)20(27)18(14)21/h10-14,17,26-27H,5-9H2,1-4H3/t13-,14+,17-,23-/m1/s1. The van der Waals surface area contributed by atoms with Crippen molar-refractivity contribution in [3.63, 3.8) is 0 Å². The first-order valence-electron chi connectivity index (χ1n) is 10.4. The highest BCUT2D eigenvalue weighted by atomic mass is 16.5. The van der Waals surface area contributed by atoms with Gasteiger partial charge in [-0.2, -0.15) is 0 Å². The number of rotatable bonds is 4. The van der Waals surface area contributed by atoms with Crippen LogP contribution >= 0.6 is 0 Å². The summed E-state index contributed by atoms with van der Waals surface area (Å²) in [4.78, 5) is 23.4. The Hall–Kier alpha value is -2.04. The molecule has 2 saturated carbocycles. The lowest BCUT2D eigenvalue weighted by molar-refractivity contribution is -0.0629. The summed E-state index contributed by atoms with van der Waals surface area (Å²) in [7, 11) is 0. The summed E-state index contributed by atoms with van der Waals surface area (Å²) in [6.07, 6.45) is 5.88. The summed E-state index contributed by atoms with van der Waals surface area (Å²) in [5, 5.41) is 21.3. The Bertz CT molecular complexity index is 840. The largest absolute Gasteiger partial charge is 0.507 e. The van der Waals surface area contributed by atoms with Gasteiger partial charge in [0.05, 0.1) is 11.1 Å². The predicted octanol–water partition coefficient (Wildman–Crippen LogP) is 4.83. The fourth-order valence-corrected chi connectivity index (χ4v) is 6.29. The summed E-state index contributed by atoms with van der Waals surface area (Å²) in [5.41, 5.74) is -0.212. The van der Waals surface area contributed by atoms with E-state index in [4.69, 9.17) is 4.74 Å². The molecule has 2 fully saturated rings. The van der Waals surface area contributed by atoms with Gasteiger partial charge < -0.3 is 14.9 Å². The lowest BCUT2D eigenvalue weighted by Gasteiger charge is -2.50. The van der Waals surface area contributed by atoms with Gasteiger partial charge in [0.1, 0.15) is 22.8 Å². The quantitative estimate of drug-likeness (QED) is 0.724. The van der Waals surface area contributed by atoms with Gasteiger partial charge in [0, 0.05) is 11.0 Å². The first kappa shape index (κ1) is 19.3. The SMILES string of the molecule is CC(C)C[C@H]1C[C@@]2(C[C@H]3CC[C@H]3C2(C)C)Oc2c(C=O)c(O)c(C=O)c(O)c21. The molecule has 4 rings (SSSR count). The number of fused-ring (bicyclic) bond motifs is 2. The van der Waals surface area contributed by atoms with E-state index < -0.39 is 11.4 Å². The summed E-state index contributed by atoms with van der Waals surface area (Å²) in [5.74, 6) is 1.13. The van der Waals surface area contributed by atoms with Gasteiger partial charge in [-0.25, -0.2) is 0 Å². The number of hydrogen-bond acceptors (Lipinski definition) is 5. The van der Waals surface area contributed by atoms with E-state index in [0.29, 0.717) is 35.9 Å². The van der Waals surface area contributed by atoms with E-state index in [1.807, 2.05) is 0 Å². The average Bonchev–Trinajstić information content (AvgIpc) is 2.71. The van der Waals surface area contributed by atoms with Gasteiger partial charge in [-0.05, 0) is 55.8 Å². The molecule has 0 aromatic heterocycles. The van der Waals surface area contributed by atoms with Gasteiger partial charge in [-0.15, -0.1) is 0 Å². The number of benzene rings is 1. The van der Waals surface area contributed by atoms with E-state index in [9.17, 15) is 19.8 Å². The maximum absolute atomic E-state index is 11.9. The monoisotopic (exact) mass is 386 g/mol. The molecule has 152 valence electrons. The van der Waals surface area contributed by atoms with Gasteiger partial charge in [0.15, 0.2) is 12.6 Å². The number of ether oxygens (including phenoxy) is 1. The minimum atomic E-state index is -0.486. The minimum absolute atomic E-state index is 0.0159. The highest BCUT2D eigenvalue weighted by molar-refractivity contribution is 5.95. The fraction of sp³-hybridized carbons (Fsp3) is 0.652. The molecule has 2 N–H and O–H groups in total. The lowest BCUT2D eigenvalue weighted by Crippen LogP contribution is -2.51. The van der Waals surface area contributed by atoms with Crippen molar-refractivity contribution in [2.75, 3.05) is 0 Å². The van der Waals surface area contributed by atoms with Crippen LogP contribution in [0.1, 0.15) is 92.0 Å². The van der Waals surface area contributed by atoms with Crippen molar-refractivity contribution >= 4 is 12.6 Å². The number of aromatic hydroxyl groups is 2. The van der Waals surface area contributed by atoms with Gasteiger partial charge in [-0.3, -0.25) is 9.59 Å². The van der Waals surface area contributed by atoms with E-state index in [2.05, 4.69) is 27.7 Å². The molecular formula is C23H30O5. The van der Waals surface area contributed by atoms with Crippen molar-refractivity contribution in [1.82, 2.24) is 0 Å². The second kappa shape index (κ2) is 6.23. The Morgan fingerprint density at radius 1 is 1.07 bits per heavy atom. The molecule has 1 aromatic rings. The molecule has 0 amide bonds. The molecule has 5 heteroatoms. The molecule has 0 radical (unpaired) electrons. The van der Waals surface area contributed by atoms with Crippen molar-refractivity contribution in [3.05, 3.63) is 16.7 Å². The molecule has 0 bridgehead atoms. The molecule has 1 aromatic carbocycles. The Kier molecular flexibility index (Phi) is 4.29. The molecule has 1 aliphatic heterocycles. The van der Waals surface area contributed by atoms with Crippen LogP contribution in [0.4, 0.5) is 0 Å². The Labute approximate surface area is 166 Å². The zero-order valence-electron chi connectivity index (χ0n) is 17.1. The number of carbonyl (C=O) groups is 2. The second-order valence-corrected chi connectivity index (χ2v) is 10.00. The van der Waals surface area contributed by atoms with Crippen molar-refractivity contribution in [2.45, 2.75) is 71.3 Å². The highest BCUT2D eigenvalue weighted by Gasteiger charge is 2.65. The zero-order valence-corrected chi connectivity index (χ0v) is 17.1. The summed E-state index contributed by atoms with van der Waals surface area (Å²) in [6.45, 7) is 8.77. The van der Waals surface area contributed by atoms with E-state index in [-0.39, 0.29) is 34.0 Å². The first-order valence-corrected chi connectivity index (χ1v) is 10.4. The second-order valence-electron chi connectivity index (χ2n) is 10.00. The zero-order chi connectivity index (χ0) is 20.4. The predicted molar refractivity (Wildman–Crippen MR) is 105 cm³/mol. The maximum Gasteiger partial charge on any atom is 0.157 e. The minimum Gasteiger partial charge on any atom is -0.507 e. The molecule has 1 spiro atoms. The number of phenolic OH excluding ortho intramolecular Hbond substituents is 2. The summed E-state index contributed by atoms with van der Waals surface area (Å²) in [6, 6.07) is 0. The third kappa shape index (κ3) is 2.37. The Morgan fingerprint density at radius 3 is 2.21 bits per heavy atom. The molecule has 4 atom stereocenters.